The lowest BCUT2D eigenvalue weighted by Crippen LogP contribution is -2.20. The molecule has 0 fully saturated rings. The molecule has 0 saturated carbocycles. The van der Waals surface area contributed by atoms with Gasteiger partial charge in [0, 0.05) is 22.6 Å². The summed E-state index contributed by atoms with van der Waals surface area (Å²) >= 11 is 1.32. The number of nitrogens with zero attached hydrogens (tertiary/aromatic N) is 3. The maximum Gasteiger partial charge on any atom is 0.264 e. The SMILES string of the molecule is COc1ccc(-c2csc(NC(=O)COc3ccc(-c4nnco4)cc3)n2)c(OC)c1. The number of methoxy groups -OCH3 is 2. The van der Waals surface area contributed by atoms with Crippen LogP contribution in [0.25, 0.3) is 22.7 Å². The minimum absolute atomic E-state index is 0.152. The van der Waals surface area contributed by atoms with Gasteiger partial charge in [-0.25, -0.2) is 4.98 Å². The zero-order valence-electron chi connectivity index (χ0n) is 16.7. The first kappa shape index (κ1) is 20.4. The van der Waals surface area contributed by atoms with E-state index in [1.807, 2.05) is 17.5 Å². The van der Waals surface area contributed by atoms with Crippen molar-refractivity contribution in [2.24, 2.45) is 0 Å². The Morgan fingerprint density at radius 3 is 2.61 bits per heavy atom. The second-order valence-electron chi connectivity index (χ2n) is 6.21. The number of benzene rings is 2. The van der Waals surface area contributed by atoms with Crippen LogP contribution in [-0.2, 0) is 4.79 Å². The molecule has 1 N–H and O–H groups in total. The van der Waals surface area contributed by atoms with Crippen molar-refractivity contribution in [3.05, 3.63) is 54.2 Å². The molecule has 0 spiro atoms. The lowest BCUT2D eigenvalue weighted by molar-refractivity contribution is -0.118. The molecule has 2 aromatic carbocycles. The van der Waals surface area contributed by atoms with E-state index in [0.29, 0.717) is 34.0 Å². The molecule has 9 nitrogen and oxygen atoms in total. The average molecular weight is 438 g/mol. The maximum atomic E-state index is 12.2. The van der Waals surface area contributed by atoms with Gasteiger partial charge in [-0.05, 0) is 36.4 Å². The summed E-state index contributed by atoms with van der Waals surface area (Å²) in [4.78, 5) is 16.7. The molecule has 0 bridgehead atoms. The topological polar surface area (TPSA) is 109 Å². The molecule has 31 heavy (non-hydrogen) atoms. The van der Waals surface area contributed by atoms with Crippen LogP contribution in [0, 0.1) is 0 Å². The van der Waals surface area contributed by atoms with Crippen LogP contribution in [0.15, 0.2) is 58.7 Å². The van der Waals surface area contributed by atoms with E-state index < -0.39 is 0 Å². The van der Waals surface area contributed by atoms with Crippen molar-refractivity contribution < 1.29 is 23.4 Å². The first-order valence-corrected chi connectivity index (χ1v) is 10.0. The standard InChI is InChI=1S/C21H18N4O5S/c1-27-15-7-8-16(18(9-15)28-2)17-11-31-21(23-17)24-19(26)10-29-14-5-3-13(4-6-14)20-25-22-12-30-20/h3-9,11-12H,10H2,1-2H3,(H,23,24,26). The zero-order chi connectivity index (χ0) is 21.6. The Morgan fingerprint density at radius 2 is 1.90 bits per heavy atom. The highest BCUT2D eigenvalue weighted by Crippen LogP contribution is 2.34. The monoisotopic (exact) mass is 438 g/mol. The summed E-state index contributed by atoms with van der Waals surface area (Å²) in [5.41, 5.74) is 2.26. The molecule has 4 rings (SSSR count). The molecule has 158 valence electrons. The highest BCUT2D eigenvalue weighted by atomic mass is 32.1. The van der Waals surface area contributed by atoms with E-state index in [1.165, 1.54) is 17.7 Å². The molecule has 0 saturated heterocycles. The van der Waals surface area contributed by atoms with Crippen LogP contribution in [0.3, 0.4) is 0 Å². The Balaban J connectivity index is 1.35. The first-order chi connectivity index (χ1) is 15.2. The van der Waals surface area contributed by atoms with Crippen molar-refractivity contribution in [3.63, 3.8) is 0 Å². The fourth-order valence-corrected chi connectivity index (χ4v) is 3.49. The Bertz CT molecular complexity index is 1160. The van der Waals surface area contributed by atoms with Gasteiger partial charge in [0.25, 0.3) is 5.91 Å². The second-order valence-corrected chi connectivity index (χ2v) is 7.07. The van der Waals surface area contributed by atoms with Gasteiger partial charge in [0.05, 0.1) is 19.9 Å². The fourth-order valence-electron chi connectivity index (χ4n) is 2.76. The largest absolute Gasteiger partial charge is 0.497 e. The average Bonchev–Trinajstić information content (AvgIpc) is 3.50. The third kappa shape index (κ3) is 4.81. The number of carbonyl (C=O) groups is 1. The minimum atomic E-state index is -0.316. The van der Waals surface area contributed by atoms with Gasteiger partial charge in [-0.1, -0.05) is 0 Å². The summed E-state index contributed by atoms with van der Waals surface area (Å²) in [6.45, 7) is -0.152. The van der Waals surface area contributed by atoms with E-state index >= 15 is 0 Å². The van der Waals surface area contributed by atoms with Gasteiger partial charge >= 0.3 is 0 Å². The van der Waals surface area contributed by atoms with E-state index in [-0.39, 0.29) is 12.5 Å². The number of amides is 1. The Morgan fingerprint density at radius 1 is 1.10 bits per heavy atom. The van der Waals surface area contributed by atoms with Crippen molar-refractivity contribution in [3.8, 4) is 40.0 Å². The molecule has 4 aromatic rings. The molecule has 1 amide bonds. The van der Waals surface area contributed by atoms with Crippen LogP contribution in [0.2, 0.25) is 0 Å². The van der Waals surface area contributed by atoms with Gasteiger partial charge < -0.3 is 18.6 Å². The highest BCUT2D eigenvalue weighted by molar-refractivity contribution is 7.14. The van der Waals surface area contributed by atoms with Crippen molar-refractivity contribution in [1.29, 1.82) is 0 Å². The quantitative estimate of drug-likeness (QED) is 0.441. The molecule has 0 radical (unpaired) electrons. The molecule has 0 atom stereocenters. The van der Waals surface area contributed by atoms with Crippen LogP contribution in [0.4, 0.5) is 5.13 Å². The molecular weight excluding hydrogens is 420 g/mol. The number of rotatable bonds is 8. The Kier molecular flexibility index (Phi) is 6.08. The molecule has 0 aliphatic heterocycles. The number of hydrogen-bond acceptors (Lipinski definition) is 9. The van der Waals surface area contributed by atoms with Gasteiger partial charge in [-0.15, -0.1) is 21.5 Å². The summed E-state index contributed by atoms with van der Waals surface area (Å²) < 4.78 is 21.3. The van der Waals surface area contributed by atoms with Crippen LogP contribution >= 0.6 is 11.3 Å². The van der Waals surface area contributed by atoms with Crippen LogP contribution in [-0.4, -0.2) is 41.9 Å². The summed E-state index contributed by atoms with van der Waals surface area (Å²) in [6, 6.07) is 12.5. The third-order valence-corrected chi connectivity index (χ3v) is 5.02. The molecule has 0 unspecified atom stereocenters. The molecule has 10 heteroatoms. The van der Waals surface area contributed by atoms with Crippen molar-refractivity contribution in [2.75, 3.05) is 26.1 Å². The number of nitrogens with one attached hydrogen (secondary N) is 1. The molecule has 0 aliphatic rings. The number of anilines is 1. The van der Waals surface area contributed by atoms with Crippen molar-refractivity contribution in [1.82, 2.24) is 15.2 Å². The number of hydrogen-bond donors (Lipinski definition) is 1. The lowest BCUT2D eigenvalue weighted by atomic mass is 10.1. The zero-order valence-corrected chi connectivity index (χ0v) is 17.5. The smallest absolute Gasteiger partial charge is 0.264 e. The number of carbonyl (C=O) groups excluding carboxylic acids is 1. The number of aromatic nitrogens is 3. The number of thiazole rings is 1. The summed E-state index contributed by atoms with van der Waals surface area (Å²) in [5, 5.41) is 12.5. The van der Waals surface area contributed by atoms with Crippen molar-refractivity contribution >= 4 is 22.4 Å². The van der Waals surface area contributed by atoms with Gasteiger partial charge in [-0.3, -0.25) is 10.1 Å². The second kappa shape index (κ2) is 9.26. The van der Waals surface area contributed by atoms with E-state index in [0.717, 1.165) is 11.1 Å². The predicted octanol–water partition coefficient (Wildman–Crippen LogP) is 3.89. The van der Waals surface area contributed by atoms with E-state index in [9.17, 15) is 4.79 Å². The summed E-state index contributed by atoms with van der Waals surface area (Å²) in [6.07, 6.45) is 1.26. The fraction of sp³-hybridized carbons (Fsp3) is 0.143. The summed E-state index contributed by atoms with van der Waals surface area (Å²) in [5.74, 6) is 1.96. The van der Waals surface area contributed by atoms with E-state index in [1.54, 1.807) is 44.6 Å². The van der Waals surface area contributed by atoms with E-state index in [2.05, 4.69) is 20.5 Å². The minimum Gasteiger partial charge on any atom is -0.497 e. The lowest BCUT2D eigenvalue weighted by Gasteiger charge is -2.08. The molecular formula is C21H18N4O5S. The van der Waals surface area contributed by atoms with Crippen LogP contribution in [0.5, 0.6) is 17.2 Å². The number of ether oxygens (including phenoxy) is 3. The van der Waals surface area contributed by atoms with Crippen LogP contribution in [0.1, 0.15) is 0 Å². The molecule has 0 aliphatic carbocycles. The van der Waals surface area contributed by atoms with Gasteiger partial charge in [-0.2, -0.15) is 0 Å². The first-order valence-electron chi connectivity index (χ1n) is 9.13. The van der Waals surface area contributed by atoms with Gasteiger partial charge in [0.1, 0.15) is 17.2 Å². The van der Waals surface area contributed by atoms with Crippen molar-refractivity contribution in [2.45, 2.75) is 0 Å². The van der Waals surface area contributed by atoms with Crippen LogP contribution < -0.4 is 19.5 Å². The predicted molar refractivity (Wildman–Crippen MR) is 115 cm³/mol. The Labute approximate surface area is 181 Å². The maximum absolute atomic E-state index is 12.2. The molecule has 2 heterocycles. The summed E-state index contributed by atoms with van der Waals surface area (Å²) in [7, 11) is 3.17. The van der Waals surface area contributed by atoms with Gasteiger partial charge in [0.2, 0.25) is 12.3 Å². The third-order valence-electron chi connectivity index (χ3n) is 4.27. The van der Waals surface area contributed by atoms with E-state index in [4.69, 9.17) is 18.6 Å². The van der Waals surface area contributed by atoms with Gasteiger partial charge in [0.15, 0.2) is 11.7 Å². The normalized spacial score (nSPS) is 10.5. The molecule has 2 aromatic heterocycles. The Hall–Kier alpha value is -3.92. The highest BCUT2D eigenvalue weighted by Gasteiger charge is 2.13.